The Morgan fingerprint density at radius 3 is 1.83 bits per heavy atom. The predicted octanol–water partition coefficient (Wildman–Crippen LogP) is 6.63. The number of unbranched alkanes of at least 4 members (excludes halogenated alkanes) is 5. The van der Waals surface area contributed by atoms with Gasteiger partial charge in [0.05, 0.1) is 0 Å². The van der Waals surface area contributed by atoms with Gasteiger partial charge in [0, 0.05) is 25.6 Å². The van der Waals surface area contributed by atoms with E-state index in [-0.39, 0.29) is 5.79 Å². The third-order valence-electron chi connectivity index (χ3n) is 4.61. The predicted molar refractivity (Wildman–Crippen MR) is 105 cm³/mol. The van der Waals surface area contributed by atoms with Gasteiger partial charge < -0.3 is 9.47 Å². The Balaban J connectivity index is 4.68. The van der Waals surface area contributed by atoms with Gasteiger partial charge in [0.25, 0.3) is 0 Å². The van der Waals surface area contributed by atoms with Gasteiger partial charge >= 0.3 is 0 Å². The zero-order valence-corrected chi connectivity index (χ0v) is 17.1. The SMILES string of the molecule is CCCCCCCCC(CCCS)C(CCC)(OCC)OCC. The van der Waals surface area contributed by atoms with E-state index < -0.39 is 0 Å². The molecule has 0 spiro atoms. The molecular formula is C20H42O2S. The lowest BCUT2D eigenvalue weighted by molar-refractivity contribution is -0.270. The fourth-order valence-electron chi connectivity index (χ4n) is 3.56. The van der Waals surface area contributed by atoms with Gasteiger partial charge in [0.2, 0.25) is 0 Å². The molecule has 0 aliphatic carbocycles. The van der Waals surface area contributed by atoms with Crippen LogP contribution in [0.25, 0.3) is 0 Å². The van der Waals surface area contributed by atoms with Crippen LogP contribution in [0.15, 0.2) is 0 Å². The van der Waals surface area contributed by atoms with E-state index in [0.29, 0.717) is 5.92 Å². The van der Waals surface area contributed by atoms with Crippen LogP contribution >= 0.6 is 12.6 Å². The molecule has 0 heterocycles. The molecule has 23 heavy (non-hydrogen) atoms. The summed E-state index contributed by atoms with van der Waals surface area (Å²) in [7, 11) is 0. The van der Waals surface area contributed by atoms with Crippen molar-refractivity contribution in [1.29, 1.82) is 0 Å². The van der Waals surface area contributed by atoms with Crippen LogP contribution in [-0.4, -0.2) is 24.8 Å². The fourth-order valence-corrected chi connectivity index (χ4v) is 3.74. The van der Waals surface area contributed by atoms with Crippen molar-refractivity contribution >= 4 is 12.6 Å². The molecule has 0 bridgehead atoms. The topological polar surface area (TPSA) is 18.5 Å². The van der Waals surface area contributed by atoms with Crippen molar-refractivity contribution in [2.75, 3.05) is 19.0 Å². The number of rotatable bonds is 17. The van der Waals surface area contributed by atoms with Crippen molar-refractivity contribution in [3.8, 4) is 0 Å². The van der Waals surface area contributed by atoms with Crippen molar-refractivity contribution in [1.82, 2.24) is 0 Å². The quantitative estimate of drug-likeness (QED) is 0.181. The molecule has 0 rings (SSSR count). The van der Waals surface area contributed by atoms with Gasteiger partial charge in [0.1, 0.15) is 0 Å². The molecule has 3 heteroatoms. The Hall–Kier alpha value is 0.270. The van der Waals surface area contributed by atoms with Crippen LogP contribution in [0.2, 0.25) is 0 Å². The average molecular weight is 347 g/mol. The van der Waals surface area contributed by atoms with Crippen LogP contribution in [0.3, 0.4) is 0 Å². The number of thiol groups is 1. The summed E-state index contributed by atoms with van der Waals surface area (Å²) in [4.78, 5) is 0. The second kappa shape index (κ2) is 15.8. The maximum atomic E-state index is 6.22. The second-order valence-corrected chi connectivity index (χ2v) is 6.99. The zero-order chi connectivity index (χ0) is 17.4. The molecule has 0 aliphatic rings. The minimum absolute atomic E-state index is 0.370. The molecule has 0 aliphatic heterocycles. The van der Waals surface area contributed by atoms with E-state index in [1.165, 1.54) is 51.4 Å². The summed E-state index contributed by atoms with van der Waals surface area (Å²) in [6.45, 7) is 10.1. The smallest absolute Gasteiger partial charge is 0.170 e. The largest absolute Gasteiger partial charge is 0.350 e. The van der Waals surface area contributed by atoms with Crippen LogP contribution in [0.5, 0.6) is 0 Å². The Kier molecular flexibility index (Phi) is 16.0. The average Bonchev–Trinajstić information content (AvgIpc) is 2.54. The molecule has 1 atom stereocenters. The molecule has 0 saturated carbocycles. The lowest BCUT2D eigenvalue weighted by Crippen LogP contribution is -2.44. The maximum Gasteiger partial charge on any atom is 0.170 e. The highest BCUT2D eigenvalue weighted by atomic mass is 32.1. The van der Waals surface area contributed by atoms with E-state index in [1.807, 2.05) is 0 Å². The molecule has 0 aromatic carbocycles. The first-order valence-corrected chi connectivity index (χ1v) is 10.7. The molecule has 0 amide bonds. The van der Waals surface area contributed by atoms with E-state index >= 15 is 0 Å². The van der Waals surface area contributed by atoms with Crippen molar-refractivity contribution in [3.05, 3.63) is 0 Å². The molecule has 140 valence electrons. The summed E-state index contributed by atoms with van der Waals surface area (Å²) in [5.41, 5.74) is 0. The summed E-state index contributed by atoms with van der Waals surface area (Å²) < 4.78 is 12.4. The molecule has 2 nitrogen and oxygen atoms in total. The highest BCUT2D eigenvalue weighted by Crippen LogP contribution is 2.36. The van der Waals surface area contributed by atoms with Crippen LogP contribution in [0.4, 0.5) is 0 Å². The Labute approximate surface area is 151 Å². The summed E-state index contributed by atoms with van der Waals surface area (Å²) in [6.07, 6.45) is 13.7. The van der Waals surface area contributed by atoms with E-state index in [2.05, 4.69) is 40.3 Å². The van der Waals surface area contributed by atoms with E-state index in [9.17, 15) is 0 Å². The standard InChI is InChI=1S/C20H42O2S/c1-5-9-10-11-12-13-15-19(16-14-18-23)20(17-6-2,21-7-3)22-8-4/h19,23H,5-18H2,1-4H3. The molecule has 0 radical (unpaired) electrons. The molecule has 0 aromatic rings. The first kappa shape index (κ1) is 23.3. The minimum atomic E-state index is -0.370. The van der Waals surface area contributed by atoms with Gasteiger partial charge in [-0.25, -0.2) is 0 Å². The first-order valence-electron chi connectivity index (χ1n) is 10.1. The third-order valence-corrected chi connectivity index (χ3v) is 4.93. The molecule has 0 N–H and O–H groups in total. The zero-order valence-electron chi connectivity index (χ0n) is 16.2. The van der Waals surface area contributed by atoms with Crippen molar-refractivity contribution in [2.24, 2.45) is 5.92 Å². The molecular weight excluding hydrogens is 304 g/mol. The van der Waals surface area contributed by atoms with Gasteiger partial charge in [0.15, 0.2) is 5.79 Å². The molecule has 0 aromatic heterocycles. The summed E-state index contributed by atoms with van der Waals surface area (Å²) in [5.74, 6) is 1.08. The second-order valence-electron chi connectivity index (χ2n) is 6.55. The lowest BCUT2D eigenvalue weighted by atomic mass is 9.85. The van der Waals surface area contributed by atoms with Gasteiger partial charge in [-0.1, -0.05) is 58.8 Å². The van der Waals surface area contributed by atoms with E-state index in [4.69, 9.17) is 9.47 Å². The maximum absolute atomic E-state index is 6.22. The summed E-state index contributed by atoms with van der Waals surface area (Å²) in [6, 6.07) is 0. The van der Waals surface area contributed by atoms with Crippen molar-refractivity contribution in [3.63, 3.8) is 0 Å². The van der Waals surface area contributed by atoms with Gasteiger partial charge in [-0.15, -0.1) is 0 Å². The fraction of sp³-hybridized carbons (Fsp3) is 1.00. The number of hydrogen-bond acceptors (Lipinski definition) is 3. The van der Waals surface area contributed by atoms with Gasteiger partial charge in [-0.05, 0) is 38.9 Å². The molecule has 0 saturated heterocycles. The van der Waals surface area contributed by atoms with Crippen LogP contribution in [0.1, 0.15) is 98.3 Å². The Bertz CT molecular complexity index is 229. The van der Waals surface area contributed by atoms with Crippen molar-refractivity contribution in [2.45, 2.75) is 104 Å². The van der Waals surface area contributed by atoms with Crippen LogP contribution < -0.4 is 0 Å². The van der Waals surface area contributed by atoms with E-state index in [1.54, 1.807) is 0 Å². The van der Waals surface area contributed by atoms with E-state index in [0.717, 1.165) is 38.2 Å². The van der Waals surface area contributed by atoms with Crippen LogP contribution in [0, 0.1) is 5.92 Å². The minimum Gasteiger partial charge on any atom is -0.350 e. The highest BCUT2D eigenvalue weighted by Gasteiger charge is 2.38. The summed E-state index contributed by atoms with van der Waals surface area (Å²) in [5, 5.41) is 0. The van der Waals surface area contributed by atoms with Crippen LogP contribution in [-0.2, 0) is 9.47 Å². The van der Waals surface area contributed by atoms with Crippen molar-refractivity contribution < 1.29 is 9.47 Å². The number of ether oxygens (including phenoxy) is 2. The number of hydrogen-bond donors (Lipinski definition) is 1. The molecule has 0 fully saturated rings. The van der Waals surface area contributed by atoms with Gasteiger partial charge in [-0.2, -0.15) is 12.6 Å². The van der Waals surface area contributed by atoms with Gasteiger partial charge in [-0.3, -0.25) is 0 Å². The third kappa shape index (κ3) is 9.99. The lowest BCUT2D eigenvalue weighted by Gasteiger charge is -2.40. The Morgan fingerprint density at radius 1 is 0.739 bits per heavy atom. The summed E-state index contributed by atoms with van der Waals surface area (Å²) >= 11 is 4.41. The Morgan fingerprint density at radius 2 is 1.30 bits per heavy atom. The first-order chi connectivity index (χ1) is 11.2. The monoisotopic (exact) mass is 346 g/mol. The highest BCUT2D eigenvalue weighted by molar-refractivity contribution is 7.80. The normalized spacial score (nSPS) is 13.4. The molecule has 1 unspecified atom stereocenters.